The molecule has 3 rings (SSSR count). The molecule has 0 spiro atoms. The van der Waals surface area contributed by atoms with Crippen molar-refractivity contribution in [1.82, 2.24) is 14.9 Å². The molecule has 1 aliphatic heterocycles. The minimum atomic E-state index is -3.62. The SMILES string of the molecule is CCC1(CC)O[C@@H](CC(=O)N(C)C)C[C@@H](/C=C/c2c(-c3ccc(F)cc3)nc(N(C)S(C)(=O)=O)nc2C(C)C)O1. The molecule has 1 amide bonds. The lowest BCUT2D eigenvalue weighted by Crippen LogP contribution is -2.48. The van der Waals surface area contributed by atoms with Gasteiger partial charge in [0.2, 0.25) is 21.9 Å². The summed E-state index contributed by atoms with van der Waals surface area (Å²) >= 11 is 0. The number of amides is 1. The number of rotatable bonds is 10. The summed E-state index contributed by atoms with van der Waals surface area (Å²) in [4.78, 5) is 23.3. The summed E-state index contributed by atoms with van der Waals surface area (Å²) in [5, 5.41) is 0. The van der Waals surface area contributed by atoms with Crippen molar-refractivity contribution in [3.05, 3.63) is 47.4 Å². The molecule has 2 atom stereocenters. The molecule has 0 bridgehead atoms. The highest BCUT2D eigenvalue weighted by Gasteiger charge is 2.40. The summed E-state index contributed by atoms with van der Waals surface area (Å²) in [6, 6.07) is 5.89. The molecule has 40 heavy (non-hydrogen) atoms. The summed E-state index contributed by atoms with van der Waals surface area (Å²) in [6.45, 7) is 7.92. The third-order valence-electron chi connectivity index (χ3n) is 7.11. The molecule has 0 unspecified atom stereocenters. The molecule has 1 aliphatic rings. The molecule has 1 saturated heterocycles. The van der Waals surface area contributed by atoms with E-state index in [1.165, 1.54) is 19.2 Å². The van der Waals surface area contributed by atoms with Crippen molar-refractivity contribution in [3.63, 3.8) is 0 Å². The molecule has 0 N–H and O–H groups in total. The number of benzene rings is 1. The van der Waals surface area contributed by atoms with E-state index in [0.29, 0.717) is 41.8 Å². The number of hydrogen-bond acceptors (Lipinski definition) is 7. The van der Waals surface area contributed by atoms with Gasteiger partial charge in [0.15, 0.2) is 5.79 Å². The molecule has 9 nitrogen and oxygen atoms in total. The van der Waals surface area contributed by atoms with Gasteiger partial charge in [0.05, 0.1) is 36.3 Å². The van der Waals surface area contributed by atoms with E-state index >= 15 is 0 Å². The average molecular weight is 577 g/mol. The molecule has 0 aliphatic carbocycles. The van der Waals surface area contributed by atoms with E-state index in [9.17, 15) is 17.6 Å². The van der Waals surface area contributed by atoms with Gasteiger partial charge >= 0.3 is 0 Å². The largest absolute Gasteiger partial charge is 0.349 e. The van der Waals surface area contributed by atoms with Crippen molar-refractivity contribution in [2.45, 2.75) is 77.3 Å². The highest BCUT2D eigenvalue weighted by molar-refractivity contribution is 7.92. The van der Waals surface area contributed by atoms with Crippen molar-refractivity contribution < 1.29 is 27.1 Å². The number of hydrogen-bond donors (Lipinski definition) is 0. The quantitative estimate of drug-likeness (QED) is 0.393. The minimum Gasteiger partial charge on any atom is -0.349 e. The third kappa shape index (κ3) is 7.44. The zero-order valence-corrected chi connectivity index (χ0v) is 25.5. The Labute approximate surface area is 237 Å². The summed E-state index contributed by atoms with van der Waals surface area (Å²) in [7, 11) is 1.23. The van der Waals surface area contributed by atoms with E-state index in [2.05, 4.69) is 9.97 Å². The lowest BCUT2D eigenvalue weighted by atomic mass is 9.96. The Kier molecular flexibility index (Phi) is 10.1. The van der Waals surface area contributed by atoms with Crippen molar-refractivity contribution in [1.29, 1.82) is 0 Å². The number of aromatic nitrogens is 2. The second kappa shape index (κ2) is 12.7. The smallest absolute Gasteiger partial charge is 0.239 e. The van der Waals surface area contributed by atoms with Crippen molar-refractivity contribution in [2.75, 3.05) is 31.7 Å². The highest BCUT2D eigenvalue weighted by Crippen LogP contribution is 2.36. The van der Waals surface area contributed by atoms with E-state index in [-0.39, 0.29) is 36.4 Å². The Morgan fingerprint density at radius 2 is 1.75 bits per heavy atom. The molecule has 2 aromatic rings. The van der Waals surface area contributed by atoms with Gasteiger partial charge in [0.1, 0.15) is 5.82 Å². The van der Waals surface area contributed by atoms with Crippen molar-refractivity contribution in [2.24, 2.45) is 0 Å². The van der Waals surface area contributed by atoms with Crippen LogP contribution in [0.5, 0.6) is 0 Å². The zero-order valence-electron chi connectivity index (χ0n) is 24.6. The van der Waals surface area contributed by atoms with Crippen LogP contribution in [-0.2, 0) is 24.3 Å². The van der Waals surface area contributed by atoms with Crippen LogP contribution in [0.1, 0.15) is 70.6 Å². The van der Waals surface area contributed by atoms with Crippen LogP contribution in [0.15, 0.2) is 30.3 Å². The Hall–Kier alpha value is -2.89. The molecular formula is C29H41FN4O5S. The normalized spacial score (nSPS) is 19.2. The van der Waals surface area contributed by atoms with Gasteiger partial charge in [-0.15, -0.1) is 0 Å². The first kappa shape index (κ1) is 31.6. The van der Waals surface area contributed by atoms with E-state index in [1.807, 2.05) is 39.8 Å². The number of nitrogens with zero attached hydrogens (tertiary/aromatic N) is 4. The monoisotopic (exact) mass is 576 g/mol. The molecule has 0 radical (unpaired) electrons. The molecular weight excluding hydrogens is 535 g/mol. The number of carbonyl (C=O) groups is 1. The molecule has 11 heteroatoms. The molecule has 220 valence electrons. The highest BCUT2D eigenvalue weighted by atomic mass is 32.2. The number of halogens is 1. The fourth-order valence-corrected chi connectivity index (χ4v) is 4.94. The maximum atomic E-state index is 13.8. The fourth-order valence-electron chi connectivity index (χ4n) is 4.57. The van der Waals surface area contributed by atoms with Gasteiger partial charge in [0.25, 0.3) is 0 Å². The Bertz CT molecular complexity index is 1320. The second-order valence-electron chi connectivity index (χ2n) is 10.7. The number of anilines is 1. The van der Waals surface area contributed by atoms with E-state index in [4.69, 9.17) is 9.47 Å². The van der Waals surface area contributed by atoms with Gasteiger partial charge in [-0.05, 0) is 43.0 Å². The summed E-state index contributed by atoms with van der Waals surface area (Å²) < 4.78 is 52.2. The predicted molar refractivity (Wildman–Crippen MR) is 155 cm³/mol. The predicted octanol–water partition coefficient (Wildman–Crippen LogP) is 4.98. The number of carbonyl (C=O) groups excluding carboxylic acids is 1. The van der Waals surface area contributed by atoms with E-state index in [0.717, 1.165) is 10.6 Å². The maximum Gasteiger partial charge on any atom is 0.239 e. The van der Waals surface area contributed by atoms with Gasteiger partial charge in [-0.25, -0.2) is 27.1 Å². The third-order valence-corrected chi connectivity index (χ3v) is 8.26. The lowest BCUT2D eigenvalue weighted by molar-refractivity contribution is -0.311. The summed E-state index contributed by atoms with van der Waals surface area (Å²) in [5.74, 6) is -1.28. The van der Waals surface area contributed by atoms with Gasteiger partial charge in [-0.2, -0.15) is 0 Å². The Balaban J connectivity index is 2.12. The molecule has 1 aromatic heterocycles. The van der Waals surface area contributed by atoms with Crippen LogP contribution in [-0.4, -0.2) is 74.6 Å². The van der Waals surface area contributed by atoms with Crippen molar-refractivity contribution in [3.8, 4) is 11.3 Å². The first-order valence-corrected chi connectivity index (χ1v) is 15.4. The van der Waals surface area contributed by atoms with Crippen LogP contribution >= 0.6 is 0 Å². The maximum absolute atomic E-state index is 13.8. The average Bonchev–Trinajstić information content (AvgIpc) is 2.90. The van der Waals surface area contributed by atoms with Gasteiger partial charge in [-0.3, -0.25) is 4.79 Å². The van der Waals surface area contributed by atoms with Crippen LogP contribution in [0.4, 0.5) is 10.3 Å². The zero-order chi connectivity index (χ0) is 29.8. The Morgan fingerprint density at radius 1 is 1.12 bits per heavy atom. The Morgan fingerprint density at radius 3 is 2.27 bits per heavy atom. The first-order valence-electron chi connectivity index (χ1n) is 13.5. The standard InChI is InChI=1S/C29H41FN4O5S/c1-9-29(10-2)38-22(17-23(39-29)18-25(35)33(5)6)15-16-24-26(19(3)4)31-28(34(7)40(8,36)37)32-27(24)20-11-13-21(30)14-12-20/h11-16,19,22-23H,9-10,17-18H2,1-8H3/b16-15+/t22-,23-/m1/s1. The van der Waals surface area contributed by atoms with E-state index in [1.54, 1.807) is 31.1 Å². The van der Waals surface area contributed by atoms with Crippen molar-refractivity contribution >= 4 is 28.0 Å². The van der Waals surface area contributed by atoms with E-state index < -0.39 is 21.6 Å². The molecule has 0 saturated carbocycles. The molecule has 2 heterocycles. The summed E-state index contributed by atoms with van der Waals surface area (Å²) in [5.41, 5.74) is 2.41. The molecule has 1 aromatic carbocycles. The van der Waals surface area contributed by atoms with Gasteiger partial charge in [-0.1, -0.05) is 39.8 Å². The second-order valence-corrected chi connectivity index (χ2v) is 12.7. The summed E-state index contributed by atoms with van der Waals surface area (Å²) in [6.07, 6.45) is 6.19. The molecule has 1 fully saturated rings. The van der Waals surface area contributed by atoms with Gasteiger partial charge in [0, 0.05) is 38.7 Å². The van der Waals surface area contributed by atoms with Crippen LogP contribution in [0.2, 0.25) is 0 Å². The minimum absolute atomic E-state index is 0.0181. The number of sulfonamides is 1. The lowest BCUT2D eigenvalue weighted by Gasteiger charge is -2.43. The first-order chi connectivity index (χ1) is 18.7. The van der Waals surface area contributed by atoms with Crippen LogP contribution in [0, 0.1) is 5.82 Å². The van der Waals surface area contributed by atoms with Crippen LogP contribution < -0.4 is 4.31 Å². The van der Waals surface area contributed by atoms with Crippen LogP contribution in [0.25, 0.3) is 17.3 Å². The number of ether oxygens (including phenoxy) is 2. The topological polar surface area (TPSA) is 102 Å². The van der Waals surface area contributed by atoms with Crippen LogP contribution in [0.3, 0.4) is 0 Å². The fraction of sp³-hybridized carbons (Fsp3) is 0.552. The van der Waals surface area contributed by atoms with Gasteiger partial charge < -0.3 is 14.4 Å².